The fourth-order valence-electron chi connectivity index (χ4n) is 7.06. The number of carbonyl (C=O) groups is 4. The van der Waals surface area contributed by atoms with E-state index in [4.69, 9.17) is 14.7 Å². The van der Waals surface area contributed by atoms with Crippen LogP contribution in [0, 0.1) is 17.8 Å². The fourth-order valence-corrected chi connectivity index (χ4v) is 7.06. The van der Waals surface area contributed by atoms with Gasteiger partial charge >= 0.3 is 0 Å². The lowest BCUT2D eigenvalue weighted by molar-refractivity contribution is -0.140. The second-order valence-electron chi connectivity index (χ2n) is 14.9. The molecule has 13 nitrogen and oxygen atoms in total. The molecule has 1 heterocycles. The summed E-state index contributed by atoms with van der Waals surface area (Å²) in [7, 11) is 9.30. The summed E-state index contributed by atoms with van der Waals surface area (Å²) in [6.07, 6.45) is 5.05. The van der Waals surface area contributed by atoms with Crippen molar-refractivity contribution < 1.29 is 33.9 Å². The zero-order valence-corrected chi connectivity index (χ0v) is 35.1. The Morgan fingerprint density at radius 3 is 2.02 bits per heavy atom. The summed E-state index contributed by atoms with van der Waals surface area (Å²) in [5, 5.41) is 13.9. The molecule has 0 radical (unpaired) electrons. The number of methoxy groups -OCH3 is 2. The number of likely N-dealkylation sites (N-methyl/N-ethyl adjacent to an activating group) is 2. The molecule has 4 amide bonds. The lowest BCUT2D eigenvalue weighted by atomic mass is 9.90. The monoisotopic (exact) mass is 751 g/mol. The number of rotatable bonds is 20. The molecule has 7 atom stereocenters. The van der Waals surface area contributed by atoms with E-state index < -0.39 is 11.9 Å². The van der Waals surface area contributed by atoms with Crippen LogP contribution in [0.3, 0.4) is 0 Å². The van der Waals surface area contributed by atoms with Gasteiger partial charge in [0.2, 0.25) is 18.2 Å². The molecule has 306 valence electrons. The van der Waals surface area contributed by atoms with Gasteiger partial charge in [0.15, 0.2) is 0 Å². The molecule has 0 spiro atoms. The van der Waals surface area contributed by atoms with Crippen LogP contribution in [-0.2, 0) is 35.1 Å². The quantitative estimate of drug-likeness (QED) is 0.0661. The summed E-state index contributed by atoms with van der Waals surface area (Å²) in [5.41, 5.74) is 2.41. The molecule has 1 aliphatic rings. The van der Waals surface area contributed by atoms with E-state index in [0.29, 0.717) is 37.8 Å². The van der Waals surface area contributed by atoms with Gasteiger partial charge in [-0.05, 0) is 57.3 Å². The van der Waals surface area contributed by atoms with E-state index in [1.807, 2.05) is 61.3 Å². The number of amides is 4. The van der Waals surface area contributed by atoms with E-state index in [-0.39, 0.29) is 48.1 Å². The smallest absolute Gasteiger partial charge is 0.266 e. The first kappa shape index (κ1) is 49.9. The minimum Gasteiger partial charge on any atom is -0.379 e. The summed E-state index contributed by atoms with van der Waals surface area (Å²) in [4.78, 5) is 53.9. The fraction of sp³-hybridized carbons (Fsp3) is 0.750. The van der Waals surface area contributed by atoms with Crippen molar-refractivity contribution in [1.82, 2.24) is 30.8 Å². The molecular weight excluding hydrogens is 676 g/mol. The SMILES string of the molecule is CCC.CCC(C)C(C(CC(=O)N1CCCC1C(OC)C(C)C)OC)N(C)CNC(=O)C(C(C)C)N(C)C.O=CNC(Cc1ccccc1)C(=O)NO. The largest absolute Gasteiger partial charge is 0.379 e. The molecule has 53 heavy (non-hydrogen) atoms. The number of hydrogen-bond acceptors (Lipinski definition) is 9. The first-order valence-corrected chi connectivity index (χ1v) is 19.3. The molecule has 1 aliphatic heterocycles. The Kier molecular flexibility index (Phi) is 25.9. The molecule has 1 fully saturated rings. The van der Waals surface area contributed by atoms with Gasteiger partial charge in [0.25, 0.3) is 5.91 Å². The van der Waals surface area contributed by atoms with Gasteiger partial charge in [-0.2, -0.15) is 0 Å². The third-order valence-electron chi connectivity index (χ3n) is 9.66. The van der Waals surface area contributed by atoms with Crippen LogP contribution in [0.1, 0.15) is 93.1 Å². The van der Waals surface area contributed by atoms with Crippen LogP contribution in [0.5, 0.6) is 0 Å². The predicted molar refractivity (Wildman–Crippen MR) is 211 cm³/mol. The van der Waals surface area contributed by atoms with Crippen molar-refractivity contribution in [3.05, 3.63) is 35.9 Å². The lowest BCUT2D eigenvalue weighted by Gasteiger charge is -2.39. The zero-order valence-electron chi connectivity index (χ0n) is 35.1. The molecular formula is C40H74N6O7. The van der Waals surface area contributed by atoms with E-state index in [9.17, 15) is 19.2 Å². The second-order valence-corrected chi connectivity index (χ2v) is 14.9. The molecule has 1 saturated heterocycles. The Hall–Kier alpha value is -3.10. The zero-order chi connectivity index (χ0) is 40.7. The number of hydroxylamine groups is 1. The maximum Gasteiger partial charge on any atom is 0.266 e. The molecule has 7 unspecified atom stereocenters. The van der Waals surface area contributed by atoms with E-state index in [1.54, 1.807) is 14.2 Å². The van der Waals surface area contributed by atoms with Crippen LogP contribution in [0.15, 0.2) is 30.3 Å². The van der Waals surface area contributed by atoms with Crippen molar-refractivity contribution in [3.63, 3.8) is 0 Å². The number of likely N-dealkylation sites (tertiary alicyclic amines) is 1. The van der Waals surface area contributed by atoms with E-state index in [2.05, 4.69) is 70.9 Å². The molecule has 13 heteroatoms. The number of ether oxygens (including phenoxy) is 2. The maximum absolute atomic E-state index is 13.5. The van der Waals surface area contributed by atoms with Crippen molar-refractivity contribution >= 4 is 24.1 Å². The normalized spacial score (nSPS) is 17.5. The number of carbonyl (C=O) groups excluding carboxylic acids is 4. The van der Waals surface area contributed by atoms with Crippen molar-refractivity contribution in [2.45, 2.75) is 130 Å². The number of hydrogen-bond donors (Lipinski definition) is 4. The van der Waals surface area contributed by atoms with E-state index in [0.717, 1.165) is 31.4 Å². The van der Waals surface area contributed by atoms with Crippen LogP contribution >= 0.6 is 0 Å². The summed E-state index contributed by atoms with van der Waals surface area (Å²) in [5.74, 6) is 0.354. The topological polar surface area (TPSA) is 153 Å². The number of nitrogens with one attached hydrogen (secondary N) is 3. The summed E-state index contributed by atoms with van der Waals surface area (Å²) in [6.45, 7) is 18.2. The van der Waals surface area contributed by atoms with E-state index in [1.165, 1.54) is 11.9 Å². The Labute approximate surface area is 320 Å². The van der Waals surface area contributed by atoms with Gasteiger partial charge < -0.3 is 25.0 Å². The molecule has 2 rings (SSSR count). The lowest BCUT2D eigenvalue weighted by Crippen LogP contribution is -2.55. The molecule has 1 aromatic rings. The van der Waals surface area contributed by atoms with Crippen molar-refractivity contribution in [3.8, 4) is 0 Å². The Balaban J connectivity index is 0.00000124. The van der Waals surface area contributed by atoms with Gasteiger partial charge in [0.1, 0.15) is 6.04 Å². The van der Waals surface area contributed by atoms with Crippen molar-refractivity contribution in [1.29, 1.82) is 0 Å². The highest BCUT2D eigenvalue weighted by Gasteiger charge is 2.39. The highest BCUT2D eigenvalue weighted by molar-refractivity contribution is 5.83. The highest BCUT2D eigenvalue weighted by Crippen LogP contribution is 2.28. The highest BCUT2D eigenvalue weighted by atomic mass is 16.5. The first-order valence-electron chi connectivity index (χ1n) is 19.3. The Morgan fingerprint density at radius 2 is 1.57 bits per heavy atom. The van der Waals surface area contributed by atoms with Crippen LogP contribution < -0.4 is 16.1 Å². The maximum atomic E-state index is 13.5. The number of nitrogens with zero attached hydrogens (tertiary/aromatic N) is 3. The van der Waals surface area contributed by atoms with Crippen LogP contribution in [0.25, 0.3) is 0 Å². The molecule has 0 aliphatic carbocycles. The van der Waals surface area contributed by atoms with Crippen LogP contribution in [0.4, 0.5) is 0 Å². The van der Waals surface area contributed by atoms with Gasteiger partial charge in [-0.1, -0.05) is 98.6 Å². The third kappa shape index (κ3) is 17.3. The van der Waals surface area contributed by atoms with E-state index >= 15 is 0 Å². The Bertz CT molecular complexity index is 1150. The molecule has 4 N–H and O–H groups in total. The first-order chi connectivity index (χ1) is 25.1. The van der Waals surface area contributed by atoms with Gasteiger partial charge in [0.05, 0.1) is 37.4 Å². The number of benzene rings is 1. The minimum atomic E-state index is -0.755. The third-order valence-corrected chi connectivity index (χ3v) is 9.66. The van der Waals surface area contributed by atoms with Crippen molar-refractivity contribution in [2.24, 2.45) is 17.8 Å². The Morgan fingerprint density at radius 1 is 0.962 bits per heavy atom. The second kappa shape index (κ2) is 27.5. The van der Waals surface area contributed by atoms with Gasteiger partial charge in [-0.25, -0.2) is 5.48 Å². The average molecular weight is 751 g/mol. The minimum absolute atomic E-state index is 0.00419. The predicted octanol–water partition coefficient (Wildman–Crippen LogP) is 4.33. The average Bonchev–Trinajstić information content (AvgIpc) is 3.60. The van der Waals surface area contributed by atoms with Crippen molar-refractivity contribution in [2.75, 3.05) is 48.6 Å². The summed E-state index contributed by atoms with van der Waals surface area (Å²) >= 11 is 0. The van der Waals surface area contributed by atoms with Crippen LogP contribution in [0.2, 0.25) is 0 Å². The van der Waals surface area contributed by atoms with Gasteiger partial charge in [-0.15, -0.1) is 0 Å². The van der Waals surface area contributed by atoms with Crippen LogP contribution in [-0.4, -0.2) is 129 Å². The molecule has 1 aromatic carbocycles. The molecule has 0 aromatic heterocycles. The molecule has 0 bridgehead atoms. The standard InChI is InChI=1S/C27H54N4O4.C10H12N2O3.C3H8/c1-12-20(6)25(30(9)17-28-27(33)24(18(2)3)29(7)8)22(34-10)16-23(32)31-15-13-14-21(31)26(35-11)19(4)5;13-7-11-9(10(14)12-15)6-8-4-2-1-3-5-8;1-3-2/h18-22,24-26H,12-17H2,1-11H3,(H,28,33);1-5,7,9,15H,6H2,(H,11,13)(H,12,14);3H2,1-2H3. The summed E-state index contributed by atoms with van der Waals surface area (Å²) < 4.78 is 11.7. The van der Waals surface area contributed by atoms with Gasteiger partial charge in [0, 0.05) is 33.2 Å². The van der Waals surface area contributed by atoms with Gasteiger partial charge in [-0.3, -0.25) is 34.2 Å². The molecule has 0 saturated carbocycles. The summed E-state index contributed by atoms with van der Waals surface area (Å²) in [6, 6.07) is 8.38.